The zero-order chi connectivity index (χ0) is 29.6. The molecule has 7 heteroatoms. The van der Waals surface area contributed by atoms with E-state index in [2.05, 4.69) is 6.92 Å². The molecule has 2 atom stereocenters. The van der Waals surface area contributed by atoms with E-state index >= 15 is 0 Å². The maximum absolute atomic E-state index is 13.6. The van der Waals surface area contributed by atoms with E-state index < -0.39 is 17.7 Å². The summed E-state index contributed by atoms with van der Waals surface area (Å²) in [6.45, 7) is 7.35. The first kappa shape index (κ1) is 29.2. The highest BCUT2D eigenvalue weighted by Crippen LogP contribution is 2.43. The molecule has 2 aliphatic heterocycles. The molecule has 0 aliphatic carbocycles. The molecule has 1 fully saturated rings. The van der Waals surface area contributed by atoms with Gasteiger partial charge in [-0.25, -0.2) is 0 Å². The van der Waals surface area contributed by atoms with Crippen molar-refractivity contribution in [3.8, 4) is 17.2 Å². The highest BCUT2D eigenvalue weighted by Gasteiger charge is 2.46. The first-order valence-corrected chi connectivity index (χ1v) is 14.9. The van der Waals surface area contributed by atoms with E-state index in [-0.39, 0.29) is 17.4 Å². The van der Waals surface area contributed by atoms with Crippen molar-refractivity contribution < 1.29 is 28.9 Å². The van der Waals surface area contributed by atoms with Crippen molar-refractivity contribution in [2.45, 2.75) is 65.0 Å². The molecule has 2 heterocycles. The third kappa shape index (κ3) is 6.15. The van der Waals surface area contributed by atoms with Crippen molar-refractivity contribution in [2.75, 3.05) is 19.8 Å². The third-order valence-electron chi connectivity index (χ3n) is 7.78. The number of fused-ring (bicyclic) bond motifs is 1. The monoisotopic (exact) mass is 569 g/mol. The summed E-state index contributed by atoms with van der Waals surface area (Å²) in [6.07, 6.45) is 4.43. The SMILES string of the molecule is CCCCCOc1ccc([C@H]2/C(=C(\O)c3ccc4c(c3)C[C@H](C)O4)C(=O)C(=O)N2CCc2ccccc2)cc1OCC. The topological polar surface area (TPSA) is 85.3 Å². The molecule has 0 saturated carbocycles. The van der Waals surface area contributed by atoms with E-state index in [4.69, 9.17) is 14.2 Å². The summed E-state index contributed by atoms with van der Waals surface area (Å²) in [7, 11) is 0. The van der Waals surface area contributed by atoms with Gasteiger partial charge in [-0.15, -0.1) is 0 Å². The standard InChI is InChI=1S/C35H39NO6/c1-4-6-10-19-41-29-16-13-25(22-30(29)40-5-2)32-31(33(37)26-14-15-28-27(21-26)20-23(3)42-28)34(38)35(39)36(32)18-17-24-11-8-7-9-12-24/h7-9,11-16,21-23,32,37H,4-6,10,17-20H2,1-3H3/b33-31+/t23-,32-/m0/s1. The van der Waals surface area contributed by atoms with Gasteiger partial charge in [-0.2, -0.15) is 0 Å². The van der Waals surface area contributed by atoms with E-state index in [9.17, 15) is 14.7 Å². The Kier molecular flexibility index (Phi) is 9.15. The summed E-state index contributed by atoms with van der Waals surface area (Å²) in [5, 5.41) is 11.6. The van der Waals surface area contributed by atoms with Crippen LogP contribution in [0.1, 0.15) is 68.3 Å². The van der Waals surface area contributed by atoms with Gasteiger partial charge >= 0.3 is 0 Å². The maximum atomic E-state index is 13.6. The molecule has 0 spiro atoms. The minimum atomic E-state index is -0.787. The fourth-order valence-corrected chi connectivity index (χ4v) is 5.69. The smallest absolute Gasteiger partial charge is 0.295 e. The number of carbonyl (C=O) groups is 2. The number of hydrogen-bond acceptors (Lipinski definition) is 6. The van der Waals surface area contributed by atoms with Gasteiger partial charge in [-0.05, 0) is 73.7 Å². The molecule has 220 valence electrons. The number of amides is 1. The zero-order valence-electron chi connectivity index (χ0n) is 24.6. The minimum absolute atomic E-state index is 0.0423. The summed E-state index contributed by atoms with van der Waals surface area (Å²) in [4.78, 5) is 28.7. The summed E-state index contributed by atoms with van der Waals surface area (Å²) in [5.74, 6) is 0.409. The van der Waals surface area contributed by atoms with Crippen molar-refractivity contribution in [3.05, 3.63) is 94.6 Å². The number of aliphatic hydroxyl groups is 1. The molecular formula is C35H39NO6. The van der Waals surface area contributed by atoms with Gasteiger partial charge in [0.25, 0.3) is 11.7 Å². The van der Waals surface area contributed by atoms with Crippen LogP contribution in [0.5, 0.6) is 17.2 Å². The number of rotatable bonds is 12. The zero-order valence-corrected chi connectivity index (χ0v) is 24.6. The van der Waals surface area contributed by atoms with Crippen LogP contribution in [0.2, 0.25) is 0 Å². The predicted octanol–water partition coefficient (Wildman–Crippen LogP) is 6.64. The lowest BCUT2D eigenvalue weighted by Crippen LogP contribution is -2.31. The number of ketones is 1. The first-order chi connectivity index (χ1) is 20.4. The van der Waals surface area contributed by atoms with E-state index in [1.54, 1.807) is 11.0 Å². The molecular weight excluding hydrogens is 530 g/mol. The Hall–Kier alpha value is -4.26. The van der Waals surface area contributed by atoms with E-state index in [1.807, 2.05) is 74.5 Å². The number of likely N-dealkylation sites (tertiary alicyclic amines) is 1. The highest BCUT2D eigenvalue weighted by molar-refractivity contribution is 6.46. The Morgan fingerprint density at radius 2 is 1.79 bits per heavy atom. The fourth-order valence-electron chi connectivity index (χ4n) is 5.69. The predicted molar refractivity (Wildman–Crippen MR) is 162 cm³/mol. The average molecular weight is 570 g/mol. The van der Waals surface area contributed by atoms with E-state index in [1.165, 1.54) is 0 Å². The third-order valence-corrected chi connectivity index (χ3v) is 7.78. The van der Waals surface area contributed by atoms with Crippen LogP contribution in [0.4, 0.5) is 0 Å². The second-order valence-corrected chi connectivity index (χ2v) is 10.9. The van der Waals surface area contributed by atoms with Crippen molar-refractivity contribution in [1.29, 1.82) is 0 Å². The largest absolute Gasteiger partial charge is 0.507 e. The van der Waals surface area contributed by atoms with Crippen LogP contribution in [0.25, 0.3) is 5.76 Å². The number of hydrogen-bond donors (Lipinski definition) is 1. The Labute approximate surface area is 247 Å². The van der Waals surface area contributed by atoms with E-state index in [0.29, 0.717) is 55.2 Å². The van der Waals surface area contributed by atoms with Crippen molar-refractivity contribution >= 4 is 17.4 Å². The van der Waals surface area contributed by atoms with Gasteiger partial charge in [0.15, 0.2) is 11.5 Å². The Morgan fingerprint density at radius 3 is 2.55 bits per heavy atom. The van der Waals surface area contributed by atoms with Gasteiger partial charge < -0.3 is 24.2 Å². The van der Waals surface area contributed by atoms with Crippen molar-refractivity contribution in [2.24, 2.45) is 0 Å². The molecule has 7 nitrogen and oxygen atoms in total. The molecule has 42 heavy (non-hydrogen) atoms. The minimum Gasteiger partial charge on any atom is -0.507 e. The number of carbonyl (C=O) groups excluding carboxylic acids is 2. The van der Waals surface area contributed by atoms with Crippen LogP contribution in [0.15, 0.2) is 72.3 Å². The maximum Gasteiger partial charge on any atom is 0.295 e. The molecule has 0 radical (unpaired) electrons. The molecule has 1 amide bonds. The van der Waals surface area contributed by atoms with Crippen LogP contribution >= 0.6 is 0 Å². The van der Waals surface area contributed by atoms with E-state index in [0.717, 1.165) is 36.1 Å². The van der Waals surface area contributed by atoms with Gasteiger partial charge in [0.2, 0.25) is 0 Å². The fraction of sp³-hybridized carbons (Fsp3) is 0.371. The molecule has 3 aromatic carbocycles. The number of nitrogens with zero attached hydrogens (tertiary/aromatic N) is 1. The molecule has 1 N–H and O–H groups in total. The van der Waals surface area contributed by atoms with Gasteiger partial charge in [0.05, 0.1) is 24.8 Å². The number of unbranched alkanes of at least 4 members (excludes halogenated alkanes) is 2. The number of aliphatic hydroxyl groups excluding tert-OH is 1. The summed E-state index contributed by atoms with van der Waals surface area (Å²) < 4.78 is 17.8. The van der Waals surface area contributed by atoms with Crippen molar-refractivity contribution in [3.63, 3.8) is 0 Å². The van der Waals surface area contributed by atoms with Gasteiger partial charge in [-0.1, -0.05) is 56.2 Å². The summed E-state index contributed by atoms with van der Waals surface area (Å²) in [5.41, 5.74) is 3.24. The quantitative estimate of drug-likeness (QED) is 0.114. The molecule has 0 bridgehead atoms. The highest BCUT2D eigenvalue weighted by atomic mass is 16.5. The molecule has 2 aliphatic rings. The second-order valence-electron chi connectivity index (χ2n) is 10.9. The molecule has 5 rings (SSSR count). The van der Waals surface area contributed by atoms with Gasteiger partial charge in [0, 0.05) is 18.5 Å². The molecule has 0 unspecified atom stereocenters. The van der Waals surface area contributed by atoms with Gasteiger partial charge in [-0.3, -0.25) is 9.59 Å². The Morgan fingerprint density at radius 1 is 0.976 bits per heavy atom. The Bertz CT molecular complexity index is 1460. The lowest BCUT2D eigenvalue weighted by molar-refractivity contribution is -0.139. The molecule has 3 aromatic rings. The van der Waals surface area contributed by atoms with Crippen LogP contribution in [0, 0.1) is 0 Å². The first-order valence-electron chi connectivity index (χ1n) is 14.9. The van der Waals surface area contributed by atoms with Crippen molar-refractivity contribution in [1.82, 2.24) is 4.90 Å². The summed E-state index contributed by atoms with van der Waals surface area (Å²) >= 11 is 0. The number of benzene rings is 3. The van der Waals surface area contributed by atoms with Crippen LogP contribution in [-0.4, -0.2) is 47.6 Å². The van der Waals surface area contributed by atoms with Gasteiger partial charge in [0.1, 0.15) is 17.6 Å². The van der Waals surface area contributed by atoms with Crippen LogP contribution in [-0.2, 0) is 22.4 Å². The molecule has 0 aromatic heterocycles. The number of ether oxygens (including phenoxy) is 3. The van der Waals surface area contributed by atoms with Crippen LogP contribution in [0.3, 0.4) is 0 Å². The number of Topliss-reactive ketones (excluding diaryl/α,β-unsaturated/α-hetero) is 1. The second kappa shape index (κ2) is 13.1. The summed E-state index contributed by atoms with van der Waals surface area (Å²) in [6, 6.07) is 20.0. The molecule has 1 saturated heterocycles. The van der Waals surface area contributed by atoms with Crippen LogP contribution < -0.4 is 14.2 Å². The average Bonchev–Trinajstić information content (AvgIpc) is 3.50. The lowest BCUT2D eigenvalue weighted by Gasteiger charge is -2.26. The Balaban J connectivity index is 1.55. The normalized spacial score (nSPS) is 19.1. The lowest BCUT2D eigenvalue weighted by atomic mass is 9.94.